The van der Waals surface area contributed by atoms with E-state index < -0.39 is 135 Å². The van der Waals surface area contributed by atoms with Gasteiger partial charge < -0.3 is 111 Å². The van der Waals surface area contributed by atoms with Crippen LogP contribution in [0.5, 0.6) is 0 Å². The molecule has 7 amide bonds. The van der Waals surface area contributed by atoms with E-state index in [2.05, 4.69) is 26.6 Å². The zero-order chi connectivity index (χ0) is 77.3. The molecule has 0 aromatic heterocycles. The third-order valence-electron chi connectivity index (χ3n) is 19.2. The minimum absolute atomic E-state index is 0.000271. The summed E-state index contributed by atoms with van der Waals surface area (Å²) in [7, 11) is -4.09. The molecule has 17 atom stereocenters. The van der Waals surface area contributed by atoms with E-state index in [1.807, 2.05) is 0 Å². The van der Waals surface area contributed by atoms with Crippen LogP contribution in [0, 0.1) is 17.8 Å². The molecule has 0 aromatic carbocycles. The number of carbonyl (C=O) groups excluding carboxylic acids is 10. The number of Topliss-reactive ketones (excluding diaryl/α,β-unsaturated/α-hetero) is 3. The minimum Gasteiger partial charge on any atom is -0.396 e. The van der Waals surface area contributed by atoms with Gasteiger partial charge in [0.2, 0.25) is 35.4 Å². The van der Waals surface area contributed by atoms with E-state index in [-0.39, 0.29) is 204 Å². The predicted molar refractivity (Wildman–Crippen MR) is 376 cm³/mol. The fourth-order valence-corrected chi connectivity index (χ4v) is 13.7. The number of amides is 7. The zero-order valence-electron chi connectivity index (χ0n) is 61.4. The molecular weight excluding hydrogens is 1390 g/mol. The van der Waals surface area contributed by atoms with Crippen molar-refractivity contribution in [2.24, 2.45) is 17.8 Å². The number of rotatable bonds is 55. The average molecular weight is 1510 g/mol. The summed E-state index contributed by atoms with van der Waals surface area (Å²) >= 11 is 0. The molecule has 104 heavy (non-hydrogen) atoms. The molecule has 34 heteroatoms. The number of ketones is 3. The topological polar surface area (TPSA) is 514 Å². The number of nitrogens with zero attached hydrogens (tertiary/aromatic N) is 2. The van der Waals surface area contributed by atoms with Crippen LogP contribution >= 0.6 is 7.60 Å². The van der Waals surface area contributed by atoms with Gasteiger partial charge in [0.15, 0.2) is 6.10 Å². The first-order valence-corrected chi connectivity index (χ1v) is 39.3. The standard InChI is InChI=1S/C70H124N7O26P/c1-45(81)73-61-55(38-48(41-78)64(91)67(61)94)100-35-14-11-23-51(84)20-5-8-26-58(88)71-29-17-31-76(60(90)28-10-7-22-53(86)25-13-16-37-102-57-40-50(43-80)66(93)69(96)63(57)75-47(3)83)33-19-34-77(70(97)54(87)44-103-104(4,98)99)32-18-30-72-59(89)27-9-6-21-52(85)24-12-15-36-101-56-39-49(42-79)65(92)68(95)62(56)74-46(2)82/h48-50,54-57,61-69,78-80,87,91-96H,5-44H2,1-4H3,(H,71,88)(H,72,89)(H,73,81)(H,74,82)(H,75,83)(H,98,99)/t48?,49?,50?,54?,55-,56-,57-,61-,62-,63-,64+,65+,66+,67?,68?,69?/m1/s1. The Morgan fingerprint density at radius 2 is 0.721 bits per heavy atom. The van der Waals surface area contributed by atoms with Crippen LogP contribution in [0.1, 0.15) is 194 Å². The van der Waals surface area contributed by atoms with Crippen molar-refractivity contribution in [2.75, 3.05) is 92.2 Å². The summed E-state index contributed by atoms with van der Waals surface area (Å²) in [6, 6.07) is -2.61. The number of aliphatic hydroxyl groups is 10. The maximum Gasteiger partial charge on any atom is 0.325 e. The summed E-state index contributed by atoms with van der Waals surface area (Å²) in [5, 5.41) is 116. The lowest BCUT2D eigenvalue weighted by Gasteiger charge is -2.42. The predicted octanol–water partition coefficient (Wildman–Crippen LogP) is -0.990. The number of ether oxygens (including phenoxy) is 3. The minimum atomic E-state index is -4.09. The van der Waals surface area contributed by atoms with E-state index in [0.717, 1.165) is 6.66 Å². The van der Waals surface area contributed by atoms with E-state index in [0.29, 0.717) is 83.5 Å². The normalized spacial score (nSPS) is 25.5. The van der Waals surface area contributed by atoms with E-state index in [1.165, 1.54) is 25.7 Å². The summed E-state index contributed by atoms with van der Waals surface area (Å²) in [4.78, 5) is 140. The summed E-state index contributed by atoms with van der Waals surface area (Å²) in [6.07, 6.45) is -2.74. The first-order valence-electron chi connectivity index (χ1n) is 37.3. The van der Waals surface area contributed by atoms with Crippen LogP contribution < -0.4 is 26.6 Å². The molecule has 16 N–H and O–H groups in total. The smallest absolute Gasteiger partial charge is 0.325 e. The van der Waals surface area contributed by atoms with Gasteiger partial charge in [0.1, 0.15) is 35.7 Å². The Morgan fingerprint density at radius 3 is 1.05 bits per heavy atom. The third kappa shape index (κ3) is 36.7. The van der Waals surface area contributed by atoms with Crippen LogP contribution in [-0.2, 0) is 71.2 Å². The van der Waals surface area contributed by atoms with Crippen molar-refractivity contribution in [3.63, 3.8) is 0 Å². The second kappa shape index (κ2) is 51.3. The van der Waals surface area contributed by atoms with Crippen molar-refractivity contribution >= 4 is 66.3 Å². The van der Waals surface area contributed by atoms with E-state index in [9.17, 15) is 108 Å². The Kier molecular flexibility index (Phi) is 45.9. The van der Waals surface area contributed by atoms with Crippen molar-refractivity contribution < 1.29 is 127 Å². The molecule has 3 fully saturated rings. The van der Waals surface area contributed by atoms with Gasteiger partial charge in [-0.15, -0.1) is 0 Å². The largest absolute Gasteiger partial charge is 0.396 e. The van der Waals surface area contributed by atoms with Crippen molar-refractivity contribution in [2.45, 2.75) is 273 Å². The Hall–Kier alpha value is -5.07. The quantitative estimate of drug-likeness (QED) is 0.0257. The Labute approximate surface area is 610 Å². The third-order valence-corrected chi connectivity index (χ3v) is 19.8. The molecule has 3 aliphatic carbocycles. The second-order valence-electron chi connectivity index (χ2n) is 28.1. The van der Waals surface area contributed by atoms with E-state index in [4.69, 9.17) is 18.7 Å². The summed E-state index contributed by atoms with van der Waals surface area (Å²) < 4.78 is 34.6. The average Bonchev–Trinajstić information content (AvgIpc) is 0.821. The number of carbonyl (C=O) groups is 10. The second-order valence-corrected chi connectivity index (χ2v) is 29.9. The number of nitrogens with one attached hydrogen (secondary N) is 5. The van der Waals surface area contributed by atoms with Gasteiger partial charge in [0.05, 0.1) is 61.4 Å². The first-order chi connectivity index (χ1) is 49.4. The van der Waals surface area contributed by atoms with Gasteiger partial charge in [-0.25, -0.2) is 0 Å². The number of unbranched alkanes of at least 4 members (excludes halogenated alkanes) is 6. The van der Waals surface area contributed by atoms with Crippen LogP contribution in [0.3, 0.4) is 0 Å². The summed E-state index contributed by atoms with van der Waals surface area (Å²) in [5.41, 5.74) is 0. The maximum atomic E-state index is 13.9. The molecule has 0 saturated heterocycles. The van der Waals surface area contributed by atoms with Gasteiger partial charge in [-0.05, 0) is 116 Å². The highest BCUT2D eigenvalue weighted by Gasteiger charge is 2.47. The van der Waals surface area contributed by atoms with E-state index >= 15 is 0 Å². The molecule has 33 nitrogen and oxygen atoms in total. The molecule has 0 spiro atoms. The zero-order valence-corrected chi connectivity index (χ0v) is 62.3. The van der Waals surface area contributed by atoms with Crippen molar-refractivity contribution in [1.29, 1.82) is 0 Å². The monoisotopic (exact) mass is 1510 g/mol. The van der Waals surface area contributed by atoms with E-state index in [1.54, 1.807) is 4.90 Å². The molecule has 0 heterocycles. The van der Waals surface area contributed by atoms with Gasteiger partial charge in [-0.3, -0.25) is 52.5 Å². The maximum absolute atomic E-state index is 13.9. The molecule has 600 valence electrons. The van der Waals surface area contributed by atoms with Crippen LogP contribution in [0.25, 0.3) is 0 Å². The highest BCUT2D eigenvalue weighted by molar-refractivity contribution is 7.51. The lowest BCUT2D eigenvalue weighted by Crippen LogP contribution is -2.61. The lowest BCUT2D eigenvalue weighted by atomic mass is 9.79. The molecule has 0 bridgehead atoms. The number of hydrogen-bond acceptors (Lipinski definition) is 25. The molecular formula is C70H124N7O26P. The molecule has 0 aliphatic heterocycles. The fraction of sp³-hybridized carbons (Fsp3) is 0.857. The van der Waals surface area contributed by atoms with Gasteiger partial charge >= 0.3 is 7.60 Å². The van der Waals surface area contributed by atoms with Gasteiger partial charge in [0.25, 0.3) is 5.91 Å². The van der Waals surface area contributed by atoms with Crippen LogP contribution in [0.4, 0.5) is 0 Å². The van der Waals surface area contributed by atoms with Crippen LogP contribution in [-0.4, -0.2) is 296 Å². The Balaban J connectivity index is 1.51. The molecule has 3 rings (SSSR count). The summed E-state index contributed by atoms with van der Waals surface area (Å²) in [6.45, 7) is 4.15. The molecule has 3 aliphatic rings. The Bertz CT molecular complexity index is 2650. The molecule has 0 radical (unpaired) electrons. The highest BCUT2D eigenvalue weighted by atomic mass is 31.2. The van der Waals surface area contributed by atoms with Crippen molar-refractivity contribution in [1.82, 2.24) is 36.4 Å². The van der Waals surface area contributed by atoms with Gasteiger partial charge in [0, 0.05) is 182 Å². The van der Waals surface area contributed by atoms with Crippen LogP contribution in [0.2, 0.25) is 0 Å². The number of aliphatic hydroxyl groups excluding tert-OH is 10. The fourth-order valence-electron chi connectivity index (χ4n) is 13.3. The van der Waals surface area contributed by atoms with Crippen molar-refractivity contribution in [3.05, 3.63) is 0 Å². The molecule has 0 aromatic rings. The highest BCUT2D eigenvalue weighted by Crippen LogP contribution is 2.37. The van der Waals surface area contributed by atoms with Crippen LogP contribution in [0.15, 0.2) is 0 Å². The molecule has 3 saturated carbocycles. The molecule has 8 unspecified atom stereocenters. The van der Waals surface area contributed by atoms with Gasteiger partial charge in [-0.1, -0.05) is 0 Å². The lowest BCUT2D eigenvalue weighted by molar-refractivity contribution is -0.142. The Morgan fingerprint density at radius 1 is 0.423 bits per heavy atom. The SMILES string of the molecule is CC(=O)N[C@H]1C(O)[C@@H](O)C(CO)C[C@H]1OCCCCC(=O)CCCCC(=O)NCCCN(CCCN(CCCNC(=O)CCCCC(=O)CCCCO[C@@H]1CC(CO)[C@H](O)C(O)[C@@H]1NC(C)=O)C(=O)C(O)COP(C)(=O)O)C(=O)CCCCC(=O)CCCCO[C@@H]1CC(CO)[C@H](O)C(O)[C@@H]1NC(C)=O. The number of hydrogen-bond donors (Lipinski definition) is 16. The van der Waals surface area contributed by atoms with Crippen molar-refractivity contribution in [3.8, 4) is 0 Å². The summed E-state index contributed by atoms with van der Waals surface area (Å²) in [5.74, 6) is -4.79. The van der Waals surface area contributed by atoms with Gasteiger partial charge in [-0.2, -0.15) is 0 Å². The first kappa shape index (κ1) is 93.1.